The first-order valence-electron chi connectivity index (χ1n) is 7.30. The number of nitrogens with one attached hydrogen (secondary N) is 1. The van der Waals surface area contributed by atoms with Crippen LogP contribution in [-0.2, 0) is 0 Å². The predicted octanol–water partition coefficient (Wildman–Crippen LogP) is 4.75. The first kappa shape index (κ1) is 16.5. The van der Waals surface area contributed by atoms with E-state index in [1.807, 2.05) is 25.1 Å². The number of halogens is 1. The molecule has 5 nitrogen and oxygen atoms in total. The third kappa shape index (κ3) is 3.77. The van der Waals surface area contributed by atoms with Gasteiger partial charge in [-0.05, 0) is 36.1 Å². The van der Waals surface area contributed by atoms with Gasteiger partial charge in [-0.3, -0.25) is 10.1 Å². The molecule has 0 aliphatic heterocycles. The third-order valence-corrected chi connectivity index (χ3v) is 4.34. The van der Waals surface area contributed by atoms with Crippen molar-refractivity contribution in [3.05, 3.63) is 59.1 Å². The standard InChI is InChI=1S/C17H14ClN3O2S/c1-2-24-14-9-4-3-8-13(14)15(22)19-17-21-20-16(23-17)11-6-5-7-12(18)10-11/h3-10H,2H2,1H3,(H,19,21,22). The molecule has 0 fully saturated rings. The van der Waals surface area contributed by atoms with Gasteiger partial charge in [0.1, 0.15) is 0 Å². The van der Waals surface area contributed by atoms with Gasteiger partial charge in [0, 0.05) is 15.5 Å². The van der Waals surface area contributed by atoms with Crippen molar-refractivity contribution < 1.29 is 9.21 Å². The Morgan fingerprint density at radius 3 is 2.83 bits per heavy atom. The van der Waals surface area contributed by atoms with Gasteiger partial charge in [-0.25, -0.2) is 0 Å². The monoisotopic (exact) mass is 359 g/mol. The maximum atomic E-state index is 12.4. The fourth-order valence-corrected chi connectivity index (χ4v) is 3.10. The summed E-state index contributed by atoms with van der Waals surface area (Å²) in [7, 11) is 0. The van der Waals surface area contributed by atoms with Crippen LogP contribution in [0.3, 0.4) is 0 Å². The average molecular weight is 360 g/mol. The Kier molecular flexibility index (Phi) is 5.17. The van der Waals surface area contributed by atoms with Crippen LogP contribution >= 0.6 is 23.4 Å². The molecule has 3 aromatic rings. The number of thioether (sulfide) groups is 1. The number of amides is 1. The SMILES string of the molecule is CCSc1ccccc1C(=O)Nc1nnc(-c2cccc(Cl)c2)o1. The molecule has 3 rings (SSSR count). The third-order valence-electron chi connectivity index (χ3n) is 3.15. The minimum atomic E-state index is -0.284. The molecule has 0 aliphatic carbocycles. The van der Waals surface area contributed by atoms with E-state index in [9.17, 15) is 4.79 Å². The molecule has 1 amide bonds. The summed E-state index contributed by atoms with van der Waals surface area (Å²) in [6, 6.07) is 14.5. The number of hydrogen-bond donors (Lipinski definition) is 1. The van der Waals surface area contributed by atoms with Crippen LogP contribution in [0, 0.1) is 0 Å². The van der Waals surface area contributed by atoms with Crippen LogP contribution in [0.5, 0.6) is 0 Å². The molecular formula is C17H14ClN3O2S. The van der Waals surface area contributed by atoms with Crippen molar-refractivity contribution in [3.63, 3.8) is 0 Å². The van der Waals surface area contributed by atoms with E-state index in [4.69, 9.17) is 16.0 Å². The van der Waals surface area contributed by atoms with Crippen LogP contribution in [0.25, 0.3) is 11.5 Å². The van der Waals surface area contributed by atoms with Crippen LogP contribution < -0.4 is 5.32 Å². The lowest BCUT2D eigenvalue weighted by Gasteiger charge is -2.06. The zero-order valence-electron chi connectivity index (χ0n) is 12.8. The Morgan fingerprint density at radius 1 is 1.21 bits per heavy atom. The summed E-state index contributed by atoms with van der Waals surface area (Å²) in [5.74, 6) is 0.890. The summed E-state index contributed by atoms with van der Waals surface area (Å²) >= 11 is 7.55. The molecule has 24 heavy (non-hydrogen) atoms. The molecule has 2 aromatic carbocycles. The number of nitrogens with zero attached hydrogens (tertiary/aromatic N) is 2. The van der Waals surface area contributed by atoms with Crippen molar-refractivity contribution >= 4 is 35.3 Å². The van der Waals surface area contributed by atoms with E-state index in [0.29, 0.717) is 22.0 Å². The number of benzene rings is 2. The lowest BCUT2D eigenvalue weighted by atomic mass is 10.2. The van der Waals surface area contributed by atoms with E-state index in [-0.39, 0.29) is 11.9 Å². The van der Waals surface area contributed by atoms with Crippen molar-refractivity contribution in [1.29, 1.82) is 0 Å². The molecule has 0 saturated heterocycles. The van der Waals surface area contributed by atoms with E-state index in [1.54, 1.807) is 42.1 Å². The molecule has 0 bridgehead atoms. The molecule has 0 aliphatic rings. The van der Waals surface area contributed by atoms with E-state index in [2.05, 4.69) is 15.5 Å². The molecule has 7 heteroatoms. The molecular weight excluding hydrogens is 346 g/mol. The van der Waals surface area contributed by atoms with E-state index in [1.165, 1.54) is 0 Å². The summed E-state index contributed by atoms with van der Waals surface area (Å²) in [6.45, 7) is 2.04. The lowest BCUT2D eigenvalue weighted by molar-refractivity contribution is 0.102. The molecule has 0 atom stereocenters. The second-order valence-corrected chi connectivity index (χ2v) is 6.55. The van der Waals surface area contributed by atoms with Gasteiger partial charge in [-0.2, -0.15) is 0 Å². The fourth-order valence-electron chi connectivity index (χ4n) is 2.11. The first-order chi connectivity index (χ1) is 11.7. The number of rotatable bonds is 5. The summed E-state index contributed by atoms with van der Waals surface area (Å²) in [5, 5.41) is 11.0. The van der Waals surface area contributed by atoms with Gasteiger partial charge in [0.15, 0.2) is 0 Å². The zero-order chi connectivity index (χ0) is 16.9. The Morgan fingerprint density at radius 2 is 2.04 bits per heavy atom. The molecule has 0 radical (unpaired) electrons. The fraction of sp³-hybridized carbons (Fsp3) is 0.118. The molecule has 122 valence electrons. The van der Waals surface area contributed by atoms with E-state index < -0.39 is 0 Å². The highest BCUT2D eigenvalue weighted by Crippen LogP contribution is 2.25. The highest BCUT2D eigenvalue weighted by Gasteiger charge is 2.15. The van der Waals surface area contributed by atoms with Gasteiger partial charge in [-0.15, -0.1) is 16.9 Å². The average Bonchev–Trinajstić information content (AvgIpc) is 3.04. The molecule has 0 saturated carbocycles. The highest BCUT2D eigenvalue weighted by molar-refractivity contribution is 7.99. The van der Waals surface area contributed by atoms with Crippen molar-refractivity contribution in [2.45, 2.75) is 11.8 Å². The molecule has 1 aromatic heterocycles. The summed E-state index contributed by atoms with van der Waals surface area (Å²) < 4.78 is 5.50. The Bertz CT molecular complexity index is 866. The zero-order valence-corrected chi connectivity index (χ0v) is 14.4. The van der Waals surface area contributed by atoms with Crippen LogP contribution in [0.1, 0.15) is 17.3 Å². The van der Waals surface area contributed by atoms with Gasteiger partial charge in [-0.1, -0.05) is 41.8 Å². The quantitative estimate of drug-likeness (QED) is 0.665. The smallest absolute Gasteiger partial charge is 0.322 e. The second kappa shape index (κ2) is 7.51. The van der Waals surface area contributed by atoms with Crippen molar-refractivity contribution in [2.75, 3.05) is 11.1 Å². The minimum absolute atomic E-state index is 0.0475. The number of anilines is 1. The number of aromatic nitrogens is 2. The first-order valence-corrected chi connectivity index (χ1v) is 8.66. The Hall–Kier alpha value is -2.31. The highest BCUT2D eigenvalue weighted by atomic mass is 35.5. The number of hydrogen-bond acceptors (Lipinski definition) is 5. The topological polar surface area (TPSA) is 68.0 Å². The number of carbonyl (C=O) groups is 1. The molecule has 1 heterocycles. The maximum absolute atomic E-state index is 12.4. The van der Waals surface area contributed by atoms with Crippen LogP contribution in [0.4, 0.5) is 6.01 Å². The van der Waals surface area contributed by atoms with Crippen molar-refractivity contribution in [3.8, 4) is 11.5 Å². The van der Waals surface area contributed by atoms with E-state index in [0.717, 1.165) is 10.6 Å². The molecule has 1 N–H and O–H groups in total. The van der Waals surface area contributed by atoms with Gasteiger partial charge in [0.25, 0.3) is 5.91 Å². The second-order valence-electron chi connectivity index (χ2n) is 4.81. The minimum Gasteiger partial charge on any atom is -0.403 e. The maximum Gasteiger partial charge on any atom is 0.322 e. The van der Waals surface area contributed by atoms with Gasteiger partial charge in [0.2, 0.25) is 5.89 Å². The molecule has 0 unspecified atom stereocenters. The summed E-state index contributed by atoms with van der Waals surface area (Å²) in [4.78, 5) is 13.3. The van der Waals surface area contributed by atoms with Gasteiger partial charge >= 0.3 is 6.01 Å². The van der Waals surface area contributed by atoms with E-state index >= 15 is 0 Å². The molecule has 0 spiro atoms. The van der Waals surface area contributed by atoms with Crippen LogP contribution in [0.2, 0.25) is 5.02 Å². The largest absolute Gasteiger partial charge is 0.403 e. The normalized spacial score (nSPS) is 10.6. The van der Waals surface area contributed by atoms with Crippen molar-refractivity contribution in [1.82, 2.24) is 10.2 Å². The summed E-state index contributed by atoms with van der Waals surface area (Å²) in [6.07, 6.45) is 0. The van der Waals surface area contributed by atoms with Crippen LogP contribution in [0.15, 0.2) is 57.8 Å². The Balaban J connectivity index is 1.79. The predicted molar refractivity (Wildman–Crippen MR) is 95.5 cm³/mol. The summed E-state index contributed by atoms with van der Waals surface area (Å²) in [5.41, 5.74) is 1.27. The van der Waals surface area contributed by atoms with Gasteiger partial charge in [0.05, 0.1) is 5.56 Å². The van der Waals surface area contributed by atoms with Gasteiger partial charge < -0.3 is 4.42 Å². The van der Waals surface area contributed by atoms with Crippen molar-refractivity contribution in [2.24, 2.45) is 0 Å². The Labute approximate surface area is 148 Å². The van der Waals surface area contributed by atoms with Crippen LogP contribution in [-0.4, -0.2) is 21.9 Å². The lowest BCUT2D eigenvalue weighted by Crippen LogP contribution is -2.13. The number of carbonyl (C=O) groups excluding carboxylic acids is 1.